The molecular formula is C7H8. The Kier molecular flexibility index (Phi) is 0.415. The summed E-state index contributed by atoms with van der Waals surface area (Å²) in [5.74, 6) is 1.68. The minimum Gasteiger partial charge on any atom is -0.0989 e. The van der Waals surface area contributed by atoms with Crippen molar-refractivity contribution >= 4 is 0 Å². The maximum atomic E-state index is 3.90. The third-order valence-electron chi connectivity index (χ3n) is 1.96. The molecular weight excluding hydrogens is 84.1 g/mol. The second-order valence-corrected chi connectivity index (χ2v) is 2.37. The molecule has 0 aromatic heterocycles. The van der Waals surface area contributed by atoms with Gasteiger partial charge >= 0.3 is 0 Å². The molecule has 0 saturated heterocycles. The smallest absolute Gasteiger partial charge is 0.00459 e. The van der Waals surface area contributed by atoms with Crippen LogP contribution in [-0.2, 0) is 0 Å². The third kappa shape index (κ3) is 0.277. The molecule has 2 aliphatic carbocycles. The van der Waals surface area contributed by atoms with Crippen LogP contribution in [0.15, 0.2) is 24.3 Å². The van der Waals surface area contributed by atoms with Gasteiger partial charge in [0.1, 0.15) is 0 Å². The Balaban J connectivity index is 2.33. The van der Waals surface area contributed by atoms with Gasteiger partial charge in [-0.2, -0.15) is 0 Å². The summed E-state index contributed by atoms with van der Waals surface area (Å²) in [7, 11) is 0. The zero-order valence-electron chi connectivity index (χ0n) is 4.22. The highest BCUT2D eigenvalue weighted by atomic mass is 14.5. The van der Waals surface area contributed by atoms with E-state index in [1.54, 1.807) is 0 Å². The Labute approximate surface area is 43.5 Å². The molecule has 0 heterocycles. The van der Waals surface area contributed by atoms with Gasteiger partial charge < -0.3 is 0 Å². The van der Waals surface area contributed by atoms with Crippen LogP contribution < -0.4 is 0 Å². The van der Waals surface area contributed by atoms with Crippen molar-refractivity contribution in [2.24, 2.45) is 11.8 Å². The van der Waals surface area contributed by atoms with Gasteiger partial charge in [-0.3, -0.25) is 0 Å². The number of hydrogen-bond donors (Lipinski definition) is 0. The van der Waals surface area contributed by atoms with Crippen LogP contribution in [-0.4, -0.2) is 0 Å². The first-order valence-corrected chi connectivity index (χ1v) is 2.75. The Morgan fingerprint density at radius 1 is 1.71 bits per heavy atom. The van der Waals surface area contributed by atoms with Crippen LogP contribution in [0.25, 0.3) is 0 Å². The highest BCUT2D eigenvalue weighted by molar-refractivity contribution is 5.37. The van der Waals surface area contributed by atoms with E-state index < -0.39 is 0 Å². The molecule has 2 rings (SSSR count). The van der Waals surface area contributed by atoms with Gasteiger partial charge in [0.15, 0.2) is 0 Å². The summed E-state index contributed by atoms with van der Waals surface area (Å²) in [4.78, 5) is 0. The minimum atomic E-state index is 0.806. The van der Waals surface area contributed by atoms with Crippen molar-refractivity contribution in [2.45, 2.75) is 6.42 Å². The molecule has 2 aliphatic rings. The topological polar surface area (TPSA) is 0 Å². The molecule has 0 spiro atoms. The number of fused-ring (bicyclic) bond motifs is 1. The minimum absolute atomic E-state index is 0.806. The van der Waals surface area contributed by atoms with E-state index in [-0.39, 0.29) is 0 Å². The van der Waals surface area contributed by atoms with E-state index in [0.29, 0.717) is 0 Å². The Morgan fingerprint density at radius 2 is 2.57 bits per heavy atom. The number of allylic oxidation sites excluding steroid dienone is 3. The number of rotatable bonds is 0. The molecule has 36 valence electrons. The van der Waals surface area contributed by atoms with Gasteiger partial charge in [0.05, 0.1) is 0 Å². The van der Waals surface area contributed by atoms with E-state index in [1.165, 1.54) is 12.0 Å². The van der Waals surface area contributed by atoms with Crippen molar-refractivity contribution < 1.29 is 0 Å². The highest BCUT2D eigenvalue weighted by Gasteiger charge is 2.41. The molecule has 1 fully saturated rings. The number of hydrogen-bond acceptors (Lipinski definition) is 0. The molecule has 0 radical (unpaired) electrons. The lowest BCUT2D eigenvalue weighted by Gasteiger charge is -1.75. The van der Waals surface area contributed by atoms with E-state index >= 15 is 0 Å². The SMILES string of the molecule is C=C1C2C=CCC12. The Hall–Kier alpha value is -0.520. The first kappa shape index (κ1) is 3.48. The maximum absolute atomic E-state index is 3.90. The van der Waals surface area contributed by atoms with Crippen molar-refractivity contribution in [1.29, 1.82) is 0 Å². The predicted molar refractivity (Wildman–Crippen MR) is 29.9 cm³/mol. The van der Waals surface area contributed by atoms with Crippen LogP contribution in [0.5, 0.6) is 0 Å². The van der Waals surface area contributed by atoms with E-state index in [9.17, 15) is 0 Å². The fourth-order valence-electron chi connectivity index (χ4n) is 1.33. The van der Waals surface area contributed by atoms with Crippen LogP contribution >= 0.6 is 0 Å². The van der Waals surface area contributed by atoms with E-state index in [4.69, 9.17) is 0 Å². The lowest BCUT2D eigenvalue weighted by molar-refractivity contribution is 0.869. The lowest BCUT2D eigenvalue weighted by atomic mass is 10.3. The molecule has 0 bridgehead atoms. The average Bonchev–Trinajstić information content (AvgIpc) is 2.26. The van der Waals surface area contributed by atoms with Crippen molar-refractivity contribution in [1.82, 2.24) is 0 Å². The zero-order valence-corrected chi connectivity index (χ0v) is 4.22. The van der Waals surface area contributed by atoms with E-state index in [0.717, 1.165) is 11.8 Å². The Bertz CT molecular complexity index is 142. The molecule has 1 saturated carbocycles. The fraction of sp³-hybridized carbons (Fsp3) is 0.429. The maximum Gasteiger partial charge on any atom is 0.00459 e. The predicted octanol–water partition coefficient (Wildman–Crippen LogP) is 1.75. The van der Waals surface area contributed by atoms with Gasteiger partial charge in [0.25, 0.3) is 0 Å². The largest absolute Gasteiger partial charge is 0.0989 e. The molecule has 0 nitrogen and oxygen atoms in total. The normalized spacial score (nSPS) is 44.3. The molecule has 0 aliphatic heterocycles. The van der Waals surface area contributed by atoms with Gasteiger partial charge in [0.2, 0.25) is 0 Å². The van der Waals surface area contributed by atoms with Crippen LogP contribution in [0.3, 0.4) is 0 Å². The summed E-state index contributed by atoms with van der Waals surface area (Å²) < 4.78 is 0. The van der Waals surface area contributed by atoms with Crippen LogP contribution in [0.1, 0.15) is 6.42 Å². The molecule has 0 N–H and O–H groups in total. The molecule has 0 heteroatoms. The molecule has 2 atom stereocenters. The second kappa shape index (κ2) is 0.835. The summed E-state index contributed by atoms with van der Waals surface area (Å²) in [5, 5.41) is 0. The second-order valence-electron chi connectivity index (χ2n) is 2.37. The van der Waals surface area contributed by atoms with Gasteiger partial charge in [-0.15, -0.1) is 0 Å². The zero-order chi connectivity index (χ0) is 4.85. The summed E-state index contributed by atoms with van der Waals surface area (Å²) in [5.41, 5.74) is 1.46. The summed E-state index contributed by atoms with van der Waals surface area (Å²) >= 11 is 0. The third-order valence-corrected chi connectivity index (χ3v) is 1.96. The van der Waals surface area contributed by atoms with E-state index in [2.05, 4.69) is 18.7 Å². The molecule has 0 aromatic rings. The molecule has 0 amide bonds. The van der Waals surface area contributed by atoms with Crippen molar-refractivity contribution in [3.05, 3.63) is 24.3 Å². The average molecular weight is 92.1 g/mol. The first-order chi connectivity index (χ1) is 3.39. The van der Waals surface area contributed by atoms with Crippen molar-refractivity contribution in [2.75, 3.05) is 0 Å². The first-order valence-electron chi connectivity index (χ1n) is 2.75. The van der Waals surface area contributed by atoms with Crippen molar-refractivity contribution in [3.63, 3.8) is 0 Å². The highest BCUT2D eigenvalue weighted by Crippen LogP contribution is 2.51. The monoisotopic (exact) mass is 92.1 g/mol. The molecule has 0 aromatic carbocycles. The van der Waals surface area contributed by atoms with Crippen LogP contribution in [0, 0.1) is 11.8 Å². The summed E-state index contributed by atoms with van der Waals surface area (Å²) in [6.07, 6.45) is 5.79. The Morgan fingerprint density at radius 3 is 2.86 bits per heavy atom. The fourth-order valence-corrected chi connectivity index (χ4v) is 1.33. The summed E-state index contributed by atoms with van der Waals surface area (Å²) in [6, 6.07) is 0. The summed E-state index contributed by atoms with van der Waals surface area (Å²) in [6.45, 7) is 3.90. The van der Waals surface area contributed by atoms with Gasteiger partial charge in [-0.05, 0) is 12.3 Å². The van der Waals surface area contributed by atoms with E-state index in [1.807, 2.05) is 0 Å². The standard InChI is InChI=1S/C7H8/c1-5-6-3-2-4-7(5)6/h2-3,6-7H,1,4H2. The van der Waals surface area contributed by atoms with Crippen molar-refractivity contribution in [3.8, 4) is 0 Å². The van der Waals surface area contributed by atoms with Gasteiger partial charge in [-0.1, -0.05) is 24.3 Å². The molecule has 7 heavy (non-hydrogen) atoms. The molecule has 2 unspecified atom stereocenters. The lowest BCUT2D eigenvalue weighted by Crippen LogP contribution is -1.62. The van der Waals surface area contributed by atoms with Gasteiger partial charge in [0, 0.05) is 5.92 Å². The quantitative estimate of drug-likeness (QED) is 0.399. The van der Waals surface area contributed by atoms with Gasteiger partial charge in [-0.25, -0.2) is 0 Å². The van der Waals surface area contributed by atoms with Crippen LogP contribution in [0.4, 0.5) is 0 Å². The van der Waals surface area contributed by atoms with Crippen LogP contribution in [0.2, 0.25) is 0 Å².